The monoisotopic (exact) mass is 520 g/mol. The molecule has 0 unspecified atom stereocenters. The molecule has 0 saturated carbocycles. The molecule has 0 saturated heterocycles. The molecule has 0 spiro atoms. The number of alkyl halides is 3. The number of nitrogens with two attached hydrogens (primary N) is 1. The number of carbonyl (C=O) groups excluding carboxylic acids is 1. The standard InChI is InChI=1S/C25H15F3N6O4/c26-25(27,28)21-12-19(17-6-5-14-3-1-2-4-16(14)11-17)30-22-13-20(31-33(21)22)24(35)38-32-23(29)15-7-9-18(10-8-15)34(36)37/h1-13H,(H2,29,32). The fourth-order valence-corrected chi connectivity index (χ4v) is 3.72. The molecule has 2 heterocycles. The first-order valence-corrected chi connectivity index (χ1v) is 10.9. The lowest BCUT2D eigenvalue weighted by Gasteiger charge is -2.11. The second-order valence-corrected chi connectivity index (χ2v) is 8.05. The van der Waals surface area contributed by atoms with Crippen molar-refractivity contribution in [3.05, 3.63) is 106 Å². The van der Waals surface area contributed by atoms with Crippen molar-refractivity contribution in [2.75, 3.05) is 0 Å². The Morgan fingerprint density at radius 1 is 1.00 bits per heavy atom. The number of oxime groups is 1. The van der Waals surface area contributed by atoms with Gasteiger partial charge in [0.1, 0.15) is 0 Å². The van der Waals surface area contributed by atoms with Gasteiger partial charge in [-0.3, -0.25) is 10.1 Å². The molecule has 5 rings (SSSR count). The van der Waals surface area contributed by atoms with E-state index in [-0.39, 0.29) is 28.4 Å². The van der Waals surface area contributed by atoms with Gasteiger partial charge < -0.3 is 10.6 Å². The van der Waals surface area contributed by atoms with Gasteiger partial charge >= 0.3 is 12.1 Å². The number of halogens is 3. The van der Waals surface area contributed by atoms with Crippen LogP contribution in [0.15, 0.2) is 84.0 Å². The maximum atomic E-state index is 13.9. The van der Waals surface area contributed by atoms with Gasteiger partial charge in [0.2, 0.25) is 0 Å². The molecule has 10 nitrogen and oxygen atoms in total. The SMILES string of the molecule is N/C(=N\OC(=O)c1cc2nc(-c3ccc4ccccc4c3)cc(C(F)(F)F)n2n1)c1ccc([N+](=O)[O-])cc1. The normalized spacial score (nSPS) is 12.1. The Balaban J connectivity index is 1.48. The lowest BCUT2D eigenvalue weighted by Crippen LogP contribution is -2.16. The van der Waals surface area contributed by atoms with Crippen LogP contribution in [-0.2, 0) is 11.0 Å². The fourth-order valence-electron chi connectivity index (χ4n) is 3.72. The summed E-state index contributed by atoms with van der Waals surface area (Å²) in [7, 11) is 0. The minimum absolute atomic E-state index is 0.0378. The van der Waals surface area contributed by atoms with Gasteiger partial charge in [-0.25, -0.2) is 14.3 Å². The molecule has 5 aromatic rings. The molecule has 190 valence electrons. The number of carbonyl (C=O) groups is 1. The zero-order valence-corrected chi connectivity index (χ0v) is 19.1. The summed E-state index contributed by atoms with van der Waals surface area (Å²) in [5, 5.41) is 19.7. The molecule has 0 aliphatic carbocycles. The predicted octanol–water partition coefficient (Wildman–Crippen LogP) is 4.95. The van der Waals surface area contributed by atoms with Crippen LogP contribution in [0.2, 0.25) is 0 Å². The number of benzene rings is 3. The number of hydrogen-bond acceptors (Lipinski definition) is 7. The maximum Gasteiger partial charge on any atom is 0.433 e. The number of non-ortho nitro benzene ring substituents is 1. The Bertz CT molecular complexity index is 1750. The summed E-state index contributed by atoms with van der Waals surface area (Å²) in [5.41, 5.74) is 4.41. The van der Waals surface area contributed by atoms with E-state index in [2.05, 4.69) is 15.2 Å². The summed E-state index contributed by atoms with van der Waals surface area (Å²) < 4.78 is 42.2. The highest BCUT2D eigenvalue weighted by molar-refractivity contribution is 5.98. The van der Waals surface area contributed by atoms with Crippen LogP contribution in [-0.4, -0.2) is 31.3 Å². The zero-order chi connectivity index (χ0) is 27.0. The van der Waals surface area contributed by atoms with Gasteiger partial charge in [0.25, 0.3) is 5.69 Å². The third-order valence-electron chi connectivity index (χ3n) is 5.57. The van der Waals surface area contributed by atoms with Crippen molar-refractivity contribution >= 4 is 33.9 Å². The van der Waals surface area contributed by atoms with E-state index in [4.69, 9.17) is 10.6 Å². The van der Waals surface area contributed by atoms with Crippen LogP contribution in [0.1, 0.15) is 21.7 Å². The first kappa shape index (κ1) is 24.4. The quantitative estimate of drug-likeness (QED) is 0.114. The molecule has 0 aliphatic heterocycles. The number of fused-ring (bicyclic) bond motifs is 2. The molecule has 0 radical (unpaired) electrons. The summed E-state index contributed by atoms with van der Waals surface area (Å²) >= 11 is 0. The fraction of sp³-hybridized carbons (Fsp3) is 0.0400. The van der Waals surface area contributed by atoms with Crippen molar-refractivity contribution in [3.63, 3.8) is 0 Å². The molecule has 2 aromatic heterocycles. The molecule has 0 aliphatic rings. The molecule has 2 N–H and O–H groups in total. The highest BCUT2D eigenvalue weighted by atomic mass is 19.4. The Morgan fingerprint density at radius 2 is 1.71 bits per heavy atom. The third kappa shape index (κ3) is 4.72. The third-order valence-corrected chi connectivity index (χ3v) is 5.57. The molecule has 0 atom stereocenters. The van der Waals surface area contributed by atoms with Gasteiger partial charge in [0, 0.05) is 29.3 Å². The van der Waals surface area contributed by atoms with Gasteiger partial charge in [-0.1, -0.05) is 41.6 Å². The number of rotatable bonds is 5. The van der Waals surface area contributed by atoms with Gasteiger partial charge in [-0.15, -0.1) is 0 Å². The second kappa shape index (κ2) is 9.28. The lowest BCUT2D eigenvalue weighted by atomic mass is 10.0. The van der Waals surface area contributed by atoms with E-state index in [1.807, 2.05) is 24.3 Å². The summed E-state index contributed by atoms with van der Waals surface area (Å²) in [6, 6.07) is 19.4. The molecule has 13 heteroatoms. The van der Waals surface area contributed by atoms with E-state index in [0.717, 1.165) is 22.9 Å². The predicted molar refractivity (Wildman–Crippen MR) is 130 cm³/mol. The van der Waals surface area contributed by atoms with Gasteiger partial charge in [-0.2, -0.15) is 18.3 Å². The zero-order valence-electron chi connectivity index (χ0n) is 19.1. The second-order valence-electron chi connectivity index (χ2n) is 8.05. The van der Waals surface area contributed by atoms with Crippen molar-refractivity contribution < 1.29 is 27.7 Å². The average molecular weight is 520 g/mol. The number of hydrogen-bond donors (Lipinski definition) is 1. The summed E-state index contributed by atoms with van der Waals surface area (Å²) in [6.07, 6.45) is -4.81. The lowest BCUT2D eigenvalue weighted by molar-refractivity contribution is -0.384. The highest BCUT2D eigenvalue weighted by Gasteiger charge is 2.36. The molecule has 0 amide bonds. The van der Waals surface area contributed by atoms with E-state index < -0.39 is 28.5 Å². The van der Waals surface area contributed by atoms with Crippen LogP contribution >= 0.6 is 0 Å². The van der Waals surface area contributed by atoms with Crippen LogP contribution in [0, 0.1) is 10.1 Å². The molecule has 0 fully saturated rings. The summed E-state index contributed by atoms with van der Waals surface area (Å²) in [6.45, 7) is 0. The molecular formula is C25H15F3N6O4. The Hall–Kier alpha value is -5.33. The number of nitrogens with zero attached hydrogens (tertiary/aromatic N) is 5. The average Bonchev–Trinajstić information content (AvgIpc) is 3.34. The van der Waals surface area contributed by atoms with Crippen LogP contribution in [0.3, 0.4) is 0 Å². The van der Waals surface area contributed by atoms with E-state index in [9.17, 15) is 28.1 Å². The van der Waals surface area contributed by atoms with Crippen molar-refractivity contribution in [1.29, 1.82) is 0 Å². The highest BCUT2D eigenvalue weighted by Crippen LogP contribution is 2.33. The largest absolute Gasteiger partial charge is 0.433 e. The topological polar surface area (TPSA) is 138 Å². The smallest absolute Gasteiger partial charge is 0.380 e. The van der Waals surface area contributed by atoms with Crippen molar-refractivity contribution in [2.24, 2.45) is 10.9 Å². The first-order valence-electron chi connectivity index (χ1n) is 10.9. The van der Waals surface area contributed by atoms with Crippen LogP contribution in [0.5, 0.6) is 0 Å². The molecule has 0 bridgehead atoms. The van der Waals surface area contributed by atoms with Gasteiger partial charge in [-0.05, 0) is 35.0 Å². The minimum atomic E-state index is -4.81. The number of nitro groups is 1. The van der Waals surface area contributed by atoms with Crippen molar-refractivity contribution in [2.45, 2.75) is 6.18 Å². The van der Waals surface area contributed by atoms with Crippen molar-refractivity contribution in [3.8, 4) is 11.3 Å². The number of nitro benzene ring substituents is 1. The van der Waals surface area contributed by atoms with E-state index in [1.54, 1.807) is 18.2 Å². The van der Waals surface area contributed by atoms with E-state index >= 15 is 0 Å². The van der Waals surface area contributed by atoms with Crippen molar-refractivity contribution in [1.82, 2.24) is 14.6 Å². The summed E-state index contributed by atoms with van der Waals surface area (Å²) in [5.74, 6) is -1.47. The Morgan fingerprint density at radius 3 is 2.39 bits per heavy atom. The van der Waals surface area contributed by atoms with Crippen LogP contribution < -0.4 is 5.73 Å². The maximum absolute atomic E-state index is 13.9. The first-order chi connectivity index (χ1) is 18.1. The molecule has 3 aromatic carbocycles. The molecular weight excluding hydrogens is 505 g/mol. The van der Waals surface area contributed by atoms with Gasteiger partial charge in [0.15, 0.2) is 22.9 Å². The Labute approximate surface area is 210 Å². The van der Waals surface area contributed by atoms with Crippen LogP contribution in [0.4, 0.5) is 18.9 Å². The minimum Gasteiger partial charge on any atom is -0.380 e. The van der Waals surface area contributed by atoms with Crippen LogP contribution in [0.25, 0.3) is 27.7 Å². The summed E-state index contributed by atoms with van der Waals surface area (Å²) in [4.78, 5) is 31.7. The number of aromatic nitrogens is 3. The van der Waals surface area contributed by atoms with Gasteiger partial charge in [0.05, 0.1) is 10.6 Å². The Kier molecular flexibility index (Phi) is 5.95. The van der Waals surface area contributed by atoms with E-state index in [1.165, 1.54) is 24.3 Å². The number of amidine groups is 1. The van der Waals surface area contributed by atoms with E-state index in [0.29, 0.717) is 10.1 Å². The molecule has 38 heavy (non-hydrogen) atoms.